The van der Waals surface area contributed by atoms with Crippen LogP contribution < -0.4 is 4.31 Å². The van der Waals surface area contributed by atoms with E-state index in [1.54, 1.807) is 29.1 Å². The zero-order valence-corrected chi connectivity index (χ0v) is 12.0. The zero-order chi connectivity index (χ0) is 13.8. The fourth-order valence-electron chi connectivity index (χ4n) is 2.40. The van der Waals surface area contributed by atoms with Gasteiger partial charge in [0, 0.05) is 23.2 Å². The number of nitrogens with zero attached hydrogens (tertiary/aromatic N) is 3. The molecule has 19 heavy (non-hydrogen) atoms. The van der Waals surface area contributed by atoms with Crippen molar-refractivity contribution in [1.29, 1.82) is 0 Å². The normalized spacial score (nSPS) is 14.2. The van der Waals surface area contributed by atoms with Gasteiger partial charge in [-0.15, -0.1) is 0 Å². The van der Waals surface area contributed by atoms with E-state index < -0.39 is 10.0 Å². The lowest BCUT2D eigenvalue weighted by Crippen LogP contribution is -2.32. The maximum absolute atomic E-state index is 11.9. The van der Waals surface area contributed by atoms with Crippen LogP contribution in [0.1, 0.15) is 5.56 Å². The summed E-state index contributed by atoms with van der Waals surface area (Å²) in [4.78, 5) is 0. The topological polar surface area (TPSA) is 55.2 Å². The Hall–Kier alpha value is -1.53. The fourth-order valence-corrected chi connectivity index (χ4v) is 3.46. The number of hydrogen-bond donors (Lipinski definition) is 0. The van der Waals surface area contributed by atoms with Crippen LogP contribution in [0.3, 0.4) is 0 Å². The minimum absolute atomic E-state index is 0.302. The zero-order valence-electron chi connectivity index (χ0n) is 10.5. The van der Waals surface area contributed by atoms with Gasteiger partial charge in [-0.1, -0.05) is 11.6 Å². The second kappa shape index (κ2) is 3.98. The highest BCUT2D eigenvalue weighted by Crippen LogP contribution is 2.41. The summed E-state index contributed by atoms with van der Waals surface area (Å²) < 4.78 is 27.0. The van der Waals surface area contributed by atoms with Crippen LogP contribution >= 0.6 is 11.6 Å². The van der Waals surface area contributed by atoms with E-state index in [1.807, 2.05) is 7.05 Å². The summed E-state index contributed by atoms with van der Waals surface area (Å²) in [6.07, 6.45) is 2.89. The number of rotatable bonds is 1. The quantitative estimate of drug-likeness (QED) is 0.809. The Morgan fingerprint density at radius 1 is 1.37 bits per heavy atom. The average molecular weight is 298 g/mol. The van der Waals surface area contributed by atoms with Gasteiger partial charge in [0.15, 0.2) is 0 Å². The number of anilines is 1. The van der Waals surface area contributed by atoms with E-state index in [2.05, 4.69) is 5.10 Å². The molecule has 0 fully saturated rings. The molecule has 5 nitrogen and oxygen atoms in total. The van der Waals surface area contributed by atoms with Crippen LogP contribution in [0.2, 0.25) is 5.02 Å². The minimum Gasteiger partial charge on any atom is -0.268 e. The summed E-state index contributed by atoms with van der Waals surface area (Å²) in [7, 11) is -1.50. The van der Waals surface area contributed by atoms with Gasteiger partial charge in [-0.2, -0.15) is 5.10 Å². The van der Waals surface area contributed by atoms with Crippen molar-refractivity contribution in [3.8, 4) is 11.3 Å². The van der Waals surface area contributed by atoms with Crippen LogP contribution in [0.15, 0.2) is 24.4 Å². The third-order valence-electron chi connectivity index (χ3n) is 3.21. The summed E-state index contributed by atoms with van der Waals surface area (Å²) in [6, 6.07) is 5.20. The molecule has 1 aromatic heterocycles. The summed E-state index contributed by atoms with van der Waals surface area (Å²) >= 11 is 6.03. The molecule has 0 atom stereocenters. The first-order chi connectivity index (χ1) is 8.88. The van der Waals surface area contributed by atoms with Gasteiger partial charge in [0.05, 0.1) is 30.4 Å². The molecule has 0 aliphatic carbocycles. The summed E-state index contributed by atoms with van der Waals surface area (Å²) in [6.45, 7) is 0.302. The average Bonchev–Trinajstić information content (AvgIpc) is 2.69. The van der Waals surface area contributed by atoms with Crippen molar-refractivity contribution in [2.45, 2.75) is 6.54 Å². The van der Waals surface area contributed by atoms with Crippen molar-refractivity contribution in [1.82, 2.24) is 9.78 Å². The molecule has 1 aliphatic heterocycles. The van der Waals surface area contributed by atoms with Gasteiger partial charge in [0.25, 0.3) is 0 Å². The molecular formula is C12H12ClN3O2S. The van der Waals surface area contributed by atoms with Gasteiger partial charge < -0.3 is 0 Å². The van der Waals surface area contributed by atoms with Crippen LogP contribution in [0, 0.1) is 0 Å². The lowest BCUT2D eigenvalue weighted by atomic mass is 10.0. The molecule has 0 spiro atoms. The molecule has 0 N–H and O–H groups in total. The Morgan fingerprint density at radius 3 is 2.79 bits per heavy atom. The molecule has 1 aliphatic rings. The molecule has 0 saturated heterocycles. The third-order valence-corrected chi connectivity index (χ3v) is 4.57. The SMILES string of the molecule is Cn1ncc2c1-c1cc(Cl)ccc1N(S(C)(=O)=O)C2. The maximum Gasteiger partial charge on any atom is 0.232 e. The van der Waals surface area contributed by atoms with E-state index in [0.717, 1.165) is 16.8 Å². The van der Waals surface area contributed by atoms with Gasteiger partial charge in [0.1, 0.15) is 0 Å². The first kappa shape index (κ1) is 12.5. The molecule has 2 heterocycles. The number of benzene rings is 1. The smallest absolute Gasteiger partial charge is 0.232 e. The molecule has 3 rings (SSSR count). The fraction of sp³-hybridized carbons (Fsp3) is 0.250. The van der Waals surface area contributed by atoms with Gasteiger partial charge in [0.2, 0.25) is 10.0 Å². The van der Waals surface area contributed by atoms with E-state index >= 15 is 0 Å². The molecule has 0 bridgehead atoms. The van der Waals surface area contributed by atoms with Crippen LogP contribution in [0.4, 0.5) is 5.69 Å². The van der Waals surface area contributed by atoms with Gasteiger partial charge in [-0.25, -0.2) is 8.42 Å². The van der Waals surface area contributed by atoms with E-state index in [9.17, 15) is 8.42 Å². The molecular weight excluding hydrogens is 286 g/mol. The largest absolute Gasteiger partial charge is 0.268 e. The van der Waals surface area contributed by atoms with E-state index in [-0.39, 0.29) is 0 Å². The molecule has 0 radical (unpaired) electrons. The summed E-state index contributed by atoms with van der Waals surface area (Å²) in [5.74, 6) is 0. The highest BCUT2D eigenvalue weighted by Gasteiger charge is 2.30. The Kier molecular flexibility index (Phi) is 2.62. The van der Waals surface area contributed by atoms with Crippen LogP contribution in [0.25, 0.3) is 11.3 Å². The summed E-state index contributed by atoms with van der Waals surface area (Å²) in [5.41, 5.74) is 3.22. The van der Waals surface area contributed by atoms with Crippen molar-refractivity contribution < 1.29 is 8.42 Å². The van der Waals surface area contributed by atoms with E-state index in [4.69, 9.17) is 11.6 Å². The number of halogens is 1. The van der Waals surface area contributed by atoms with Gasteiger partial charge >= 0.3 is 0 Å². The van der Waals surface area contributed by atoms with Gasteiger partial charge in [-0.05, 0) is 18.2 Å². The highest BCUT2D eigenvalue weighted by atomic mass is 35.5. The summed E-state index contributed by atoms with van der Waals surface area (Å²) in [5, 5.41) is 4.77. The standard InChI is InChI=1S/C12H12ClN3O2S/c1-15-12-8(6-14-15)7-16(19(2,17)18)11-4-3-9(13)5-10(11)12/h3-6H,7H2,1-2H3. The molecule has 0 amide bonds. The third kappa shape index (κ3) is 1.91. The number of sulfonamides is 1. The molecule has 0 saturated carbocycles. The van der Waals surface area contributed by atoms with Crippen LogP contribution in [-0.2, 0) is 23.6 Å². The Labute approximate surface area is 116 Å². The van der Waals surface area contributed by atoms with Crippen molar-refractivity contribution in [3.63, 3.8) is 0 Å². The highest BCUT2D eigenvalue weighted by molar-refractivity contribution is 7.92. The van der Waals surface area contributed by atoms with Crippen molar-refractivity contribution >= 4 is 27.3 Å². The van der Waals surface area contributed by atoms with E-state index in [0.29, 0.717) is 17.3 Å². The second-order valence-corrected chi connectivity index (χ2v) is 6.92. The maximum atomic E-state index is 11.9. The number of aromatic nitrogens is 2. The number of hydrogen-bond acceptors (Lipinski definition) is 3. The first-order valence-corrected chi connectivity index (χ1v) is 7.89. The predicted octanol–water partition coefficient (Wildman–Crippen LogP) is 2.02. The lowest BCUT2D eigenvalue weighted by Gasteiger charge is -2.29. The monoisotopic (exact) mass is 297 g/mol. The minimum atomic E-state index is -3.33. The Morgan fingerprint density at radius 2 is 2.11 bits per heavy atom. The second-order valence-electron chi connectivity index (χ2n) is 4.57. The molecule has 100 valence electrons. The first-order valence-electron chi connectivity index (χ1n) is 5.66. The number of aryl methyl sites for hydroxylation is 1. The van der Waals surface area contributed by atoms with E-state index in [1.165, 1.54) is 10.6 Å². The van der Waals surface area contributed by atoms with Gasteiger partial charge in [-0.3, -0.25) is 8.99 Å². The van der Waals surface area contributed by atoms with Crippen molar-refractivity contribution in [3.05, 3.63) is 35.0 Å². The van der Waals surface area contributed by atoms with Crippen LogP contribution in [0.5, 0.6) is 0 Å². The van der Waals surface area contributed by atoms with Crippen molar-refractivity contribution in [2.75, 3.05) is 10.6 Å². The lowest BCUT2D eigenvalue weighted by molar-refractivity contribution is 0.596. The molecule has 0 unspecified atom stereocenters. The molecule has 7 heteroatoms. The predicted molar refractivity (Wildman–Crippen MR) is 74.7 cm³/mol. The molecule has 1 aromatic carbocycles. The molecule has 2 aromatic rings. The van der Waals surface area contributed by atoms with Crippen molar-refractivity contribution in [2.24, 2.45) is 7.05 Å². The Bertz CT molecular complexity index is 767. The number of fused-ring (bicyclic) bond motifs is 3. The van der Waals surface area contributed by atoms with Crippen LogP contribution in [-0.4, -0.2) is 24.5 Å². The Balaban J connectivity index is 2.33.